The molecular formula is C14H27N5O. The van der Waals surface area contributed by atoms with E-state index in [0.29, 0.717) is 6.61 Å². The van der Waals surface area contributed by atoms with Crippen molar-refractivity contribution in [1.82, 2.24) is 20.2 Å². The molecule has 0 amide bonds. The van der Waals surface area contributed by atoms with Gasteiger partial charge in [0, 0.05) is 20.1 Å². The van der Waals surface area contributed by atoms with Crippen LogP contribution in [0.1, 0.15) is 45.4 Å². The van der Waals surface area contributed by atoms with E-state index in [-0.39, 0.29) is 11.6 Å². The minimum Gasteiger partial charge on any atom is -0.374 e. The van der Waals surface area contributed by atoms with Gasteiger partial charge in [-0.3, -0.25) is 16.0 Å². The lowest BCUT2D eigenvalue weighted by molar-refractivity contribution is -0.0966. The number of aromatic nitrogens is 3. The third-order valence-electron chi connectivity index (χ3n) is 4.58. The summed E-state index contributed by atoms with van der Waals surface area (Å²) in [5, 5.41) is 4.13. The fourth-order valence-corrected chi connectivity index (χ4v) is 3.22. The number of aryl methyl sites for hydroxylation is 1. The summed E-state index contributed by atoms with van der Waals surface area (Å²) < 4.78 is 7.96. The Kier molecular flexibility index (Phi) is 5.12. The van der Waals surface area contributed by atoms with Crippen LogP contribution in [0.15, 0.2) is 6.33 Å². The van der Waals surface area contributed by atoms with E-state index in [2.05, 4.69) is 29.4 Å². The summed E-state index contributed by atoms with van der Waals surface area (Å²) in [6.07, 6.45) is 6.80. The molecule has 0 saturated heterocycles. The predicted octanol–water partition coefficient (Wildman–Crippen LogP) is 1.17. The van der Waals surface area contributed by atoms with E-state index in [0.717, 1.165) is 31.0 Å². The molecule has 1 heterocycles. The van der Waals surface area contributed by atoms with Crippen molar-refractivity contribution in [3.8, 4) is 0 Å². The zero-order valence-corrected chi connectivity index (χ0v) is 12.8. The molecule has 1 fully saturated rings. The Morgan fingerprint density at radius 2 is 2.25 bits per heavy atom. The summed E-state index contributed by atoms with van der Waals surface area (Å²) in [7, 11) is 1.91. The standard InChI is InChI=1S/C14H27N5O/c1-4-20-14(7-5-11(2)6-8-14)12(18-15)9-13-16-10-17-19(13)3/h10-12,18H,4-9,15H2,1-3H3. The molecule has 6 heteroatoms. The first-order valence-electron chi connectivity index (χ1n) is 7.54. The molecule has 1 aliphatic rings. The molecule has 1 atom stereocenters. The molecule has 6 nitrogen and oxygen atoms in total. The Morgan fingerprint density at radius 3 is 2.75 bits per heavy atom. The highest BCUT2D eigenvalue weighted by atomic mass is 16.5. The average Bonchev–Trinajstić information content (AvgIpc) is 2.84. The van der Waals surface area contributed by atoms with Crippen LogP contribution >= 0.6 is 0 Å². The highest BCUT2D eigenvalue weighted by Gasteiger charge is 2.42. The molecule has 1 saturated carbocycles. The fraction of sp³-hybridized carbons (Fsp3) is 0.857. The topological polar surface area (TPSA) is 78.0 Å². The third-order valence-corrected chi connectivity index (χ3v) is 4.58. The summed E-state index contributed by atoms with van der Waals surface area (Å²) in [6.45, 7) is 5.07. The molecule has 0 aromatic carbocycles. The van der Waals surface area contributed by atoms with Crippen molar-refractivity contribution in [3.63, 3.8) is 0 Å². The number of hydrogen-bond donors (Lipinski definition) is 2. The van der Waals surface area contributed by atoms with Gasteiger partial charge in [0.15, 0.2) is 0 Å². The second-order valence-corrected chi connectivity index (χ2v) is 5.90. The van der Waals surface area contributed by atoms with Crippen LogP contribution in [0, 0.1) is 5.92 Å². The van der Waals surface area contributed by atoms with Gasteiger partial charge in [0.2, 0.25) is 0 Å². The Hall–Kier alpha value is -0.980. The summed E-state index contributed by atoms with van der Waals surface area (Å²) in [5.41, 5.74) is 2.79. The number of hydrazine groups is 1. The lowest BCUT2D eigenvalue weighted by atomic mass is 9.74. The highest BCUT2D eigenvalue weighted by molar-refractivity contribution is 5.01. The second-order valence-electron chi connectivity index (χ2n) is 5.90. The number of rotatable bonds is 6. The van der Waals surface area contributed by atoms with Crippen molar-refractivity contribution < 1.29 is 4.74 Å². The minimum atomic E-state index is -0.179. The van der Waals surface area contributed by atoms with E-state index in [1.807, 2.05) is 7.05 Å². The molecule has 0 radical (unpaired) electrons. The first kappa shape index (κ1) is 15.4. The molecule has 1 aliphatic carbocycles. The van der Waals surface area contributed by atoms with E-state index < -0.39 is 0 Å². The van der Waals surface area contributed by atoms with E-state index >= 15 is 0 Å². The molecule has 2 rings (SSSR count). The summed E-state index contributed by atoms with van der Waals surface area (Å²) in [6, 6.07) is 0.0675. The van der Waals surface area contributed by atoms with Gasteiger partial charge in [-0.15, -0.1) is 0 Å². The van der Waals surface area contributed by atoms with Gasteiger partial charge in [-0.2, -0.15) is 5.10 Å². The van der Waals surface area contributed by atoms with Crippen molar-refractivity contribution in [3.05, 3.63) is 12.2 Å². The van der Waals surface area contributed by atoms with Gasteiger partial charge < -0.3 is 4.74 Å². The molecule has 1 unspecified atom stereocenters. The monoisotopic (exact) mass is 281 g/mol. The summed E-state index contributed by atoms with van der Waals surface area (Å²) in [5.74, 6) is 7.54. The number of ether oxygens (including phenoxy) is 1. The third kappa shape index (κ3) is 3.19. The van der Waals surface area contributed by atoms with Gasteiger partial charge in [-0.05, 0) is 38.5 Å². The van der Waals surface area contributed by atoms with Crippen LogP contribution in [-0.2, 0) is 18.2 Å². The van der Waals surface area contributed by atoms with Crippen LogP contribution < -0.4 is 11.3 Å². The molecule has 1 aromatic heterocycles. The van der Waals surface area contributed by atoms with Crippen LogP contribution in [0.25, 0.3) is 0 Å². The fourth-order valence-electron chi connectivity index (χ4n) is 3.22. The Balaban J connectivity index is 2.15. The highest BCUT2D eigenvalue weighted by Crippen LogP contribution is 2.38. The van der Waals surface area contributed by atoms with E-state index in [1.54, 1.807) is 11.0 Å². The molecule has 114 valence electrons. The molecule has 1 aromatic rings. The van der Waals surface area contributed by atoms with Crippen LogP contribution in [0.3, 0.4) is 0 Å². The lowest BCUT2D eigenvalue weighted by Crippen LogP contribution is -2.57. The maximum atomic E-state index is 6.16. The zero-order chi connectivity index (χ0) is 14.6. The zero-order valence-electron chi connectivity index (χ0n) is 12.8. The van der Waals surface area contributed by atoms with Gasteiger partial charge in [-0.25, -0.2) is 4.98 Å². The minimum absolute atomic E-state index is 0.0675. The lowest BCUT2D eigenvalue weighted by Gasteiger charge is -2.44. The van der Waals surface area contributed by atoms with Gasteiger partial charge in [0.25, 0.3) is 0 Å². The van der Waals surface area contributed by atoms with Gasteiger partial charge in [0.1, 0.15) is 12.2 Å². The number of nitrogens with zero attached hydrogens (tertiary/aromatic N) is 3. The van der Waals surface area contributed by atoms with E-state index in [9.17, 15) is 0 Å². The Morgan fingerprint density at radius 1 is 1.55 bits per heavy atom. The predicted molar refractivity (Wildman–Crippen MR) is 77.8 cm³/mol. The maximum absolute atomic E-state index is 6.16. The molecule has 20 heavy (non-hydrogen) atoms. The van der Waals surface area contributed by atoms with E-state index in [4.69, 9.17) is 10.6 Å². The first-order chi connectivity index (χ1) is 9.61. The van der Waals surface area contributed by atoms with E-state index in [1.165, 1.54) is 12.8 Å². The smallest absolute Gasteiger partial charge is 0.138 e. The second kappa shape index (κ2) is 6.65. The maximum Gasteiger partial charge on any atom is 0.138 e. The Labute approximate surface area is 121 Å². The van der Waals surface area contributed by atoms with Crippen molar-refractivity contribution in [2.75, 3.05) is 6.61 Å². The number of hydrogen-bond acceptors (Lipinski definition) is 5. The summed E-state index contributed by atoms with van der Waals surface area (Å²) >= 11 is 0. The number of nitrogens with one attached hydrogen (secondary N) is 1. The quantitative estimate of drug-likeness (QED) is 0.604. The molecular weight excluding hydrogens is 254 g/mol. The van der Waals surface area contributed by atoms with Crippen LogP contribution in [0.5, 0.6) is 0 Å². The Bertz CT molecular complexity index is 411. The van der Waals surface area contributed by atoms with Crippen LogP contribution in [0.2, 0.25) is 0 Å². The van der Waals surface area contributed by atoms with Crippen LogP contribution in [-0.4, -0.2) is 33.0 Å². The largest absolute Gasteiger partial charge is 0.374 e. The van der Waals surface area contributed by atoms with Gasteiger partial charge in [0.05, 0.1) is 11.6 Å². The molecule has 0 bridgehead atoms. The van der Waals surface area contributed by atoms with Crippen LogP contribution in [0.4, 0.5) is 0 Å². The summed E-state index contributed by atoms with van der Waals surface area (Å²) in [4.78, 5) is 4.31. The van der Waals surface area contributed by atoms with Gasteiger partial charge >= 0.3 is 0 Å². The molecule has 0 spiro atoms. The SMILES string of the molecule is CCOC1(C(Cc2ncnn2C)NN)CCC(C)CC1. The van der Waals surface area contributed by atoms with Crippen molar-refractivity contribution in [1.29, 1.82) is 0 Å². The molecule has 0 aliphatic heterocycles. The molecule has 3 N–H and O–H groups in total. The first-order valence-corrected chi connectivity index (χ1v) is 7.54. The normalized spacial score (nSPS) is 28.5. The average molecular weight is 281 g/mol. The van der Waals surface area contributed by atoms with Crippen molar-refractivity contribution in [2.24, 2.45) is 18.8 Å². The van der Waals surface area contributed by atoms with Gasteiger partial charge in [-0.1, -0.05) is 6.92 Å². The van der Waals surface area contributed by atoms with Crippen molar-refractivity contribution >= 4 is 0 Å². The number of nitrogens with two attached hydrogens (primary N) is 1. The van der Waals surface area contributed by atoms with Crippen molar-refractivity contribution in [2.45, 2.75) is 57.6 Å².